The third kappa shape index (κ3) is 3.79. The third-order valence-electron chi connectivity index (χ3n) is 3.56. The summed E-state index contributed by atoms with van der Waals surface area (Å²) in [6.07, 6.45) is 0. The lowest BCUT2D eigenvalue weighted by molar-refractivity contribution is 0.167. The lowest BCUT2D eigenvalue weighted by atomic mass is 10.0. The maximum Gasteiger partial charge on any atom is 0.0623 e. The van der Waals surface area contributed by atoms with Crippen LogP contribution in [0.4, 0.5) is 0 Å². The second-order valence-electron chi connectivity index (χ2n) is 4.87. The summed E-state index contributed by atoms with van der Waals surface area (Å²) in [7, 11) is 0. The quantitative estimate of drug-likeness (QED) is 0.820. The first-order valence-electron chi connectivity index (χ1n) is 6.89. The van der Waals surface area contributed by atoms with Gasteiger partial charge in [0.15, 0.2) is 0 Å². The van der Waals surface area contributed by atoms with E-state index in [9.17, 15) is 0 Å². The Bertz CT molecular complexity index is 329. The number of nitrogens with one attached hydrogen (secondary N) is 1. The first kappa shape index (κ1) is 14.0. The summed E-state index contributed by atoms with van der Waals surface area (Å²) in [6, 6.07) is 4.89. The van der Waals surface area contributed by atoms with Crippen LogP contribution in [-0.4, -0.2) is 43.8 Å². The molecule has 0 aromatic carbocycles. The van der Waals surface area contributed by atoms with Crippen LogP contribution in [0.5, 0.6) is 0 Å². The summed E-state index contributed by atoms with van der Waals surface area (Å²) in [4.78, 5) is 3.98. The Morgan fingerprint density at radius 2 is 2.33 bits per heavy atom. The zero-order valence-corrected chi connectivity index (χ0v) is 12.2. The van der Waals surface area contributed by atoms with Gasteiger partial charge >= 0.3 is 0 Å². The molecule has 18 heavy (non-hydrogen) atoms. The van der Waals surface area contributed by atoms with Crippen molar-refractivity contribution in [3.63, 3.8) is 0 Å². The molecule has 2 unspecified atom stereocenters. The maximum absolute atomic E-state index is 5.62. The average Bonchev–Trinajstić information content (AvgIpc) is 3.01. The van der Waals surface area contributed by atoms with Crippen LogP contribution in [0.15, 0.2) is 17.5 Å². The number of hydrogen-bond acceptors (Lipinski definition) is 4. The van der Waals surface area contributed by atoms with Crippen molar-refractivity contribution in [1.29, 1.82) is 0 Å². The molecule has 1 aliphatic rings. The molecule has 2 atom stereocenters. The zero-order chi connectivity index (χ0) is 12.8. The number of thiophene rings is 1. The average molecular weight is 268 g/mol. The van der Waals surface area contributed by atoms with E-state index in [2.05, 4.69) is 41.6 Å². The Labute approximate surface area is 114 Å². The van der Waals surface area contributed by atoms with Gasteiger partial charge in [-0.2, -0.15) is 0 Å². The van der Waals surface area contributed by atoms with E-state index in [0.717, 1.165) is 39.4 Å². The van der Waals surface area contributed by atoms with Gasteiger partial charge in [0.1, 0.15) is 0 Å². The molecule has 0 amide bonds. The lowest BCUT2D eigenvalue weighted by Crippen LogP contribution is -2.41. The van der Waals surface area contributed by atoms with Crippen molar-refractivity contribution < 1.29 is 4.74 Å². The van der Waals surface area contributed by atoms with Gasteiger partial charge in [0.25, 0.3) is 0 Å². The molecule has 1 aromatic rings. The van der Waals surface area contributed by atoms with Gasteiger partial charge in [0.2, 0.25) is 0 Å². The largest absolute Gasteiger partial charge is 0.379 e. The topological polar surface area (TPSA) is 24.5 Å². The van der Waals surface area contributed by atoms with Gasteiger partial charge in [0, 0.05) is 29.9 Å². The van der Waals surface area contributed by atoms with E-state index in [1.165, 1.54) is 4.88 Å². The molecule has 2 rings (SSSR count). The number of rotatable bonds is 7. The molecule has 0 radical (unpaired) electrons. The molecule has 1 aromatic heterocycles. The molecule has 4 heteroatoms. The Kier molecular flexibility index (Phi) is 5.63. The van der Waals surface area contributed by atoms with Crippen LogP contribution in [0.25, 0.3) is 0 Å². The molecule has 0 spiro atoms. The van der Waals surface area contributed by atoms with Gasteiger partial charge in [0.05, 0.1) is 13.2 Å². The molecular weight excluding hydrogens is 244 g/mol. The van der Waals surface area contributed by atoms with Crippen molar-refractivity contribution in [2.45, 2.75) is 26.4 Å². The summed E-state index contributed by atoms with van der Waals surface area (Å²) in [5.41, 5.74) is 0. The van der Waals surface area contributed by atoms with Crippen LogP contribution >= 0.6 is 11.3 Å². The van der Waals surface area contributed by atoms with Gasteiger partial charge in [-0.05, 0) is 24.5 Å². The molecule has 1 N–H and O–H groups in total. The Balaban J connectivity index is 1.85. The summed E-state index contributed by atoms with van der Waals surface area (Å²) in [5, 5.41) is 5.69. The van der Waals surface area contributed by atoms with Gasteiger partial charge < -0.3 is 10.1 Å². The SMILES string of the molecule is CCNC1COCC1CN(CC)Cc1cccs1. The highest BCUT2D eigenvalue weighted by atomic mass is 32.1. The number of likely N-dealkylation sites (N-methyl/N-ethyl adjacent to an activating group) is 1. The fourth-order valence-electron chi connectivity index (χ4n) is 2.53. The molecule has 3 nitrogen and oxygen atoms in total. The molecule has 102 valence electrons. The molecule has 2 heterocycles. The molecular formula is C14H24N2OS. The van der Waals surface area contributed by atoms with Crippen LogP contribution in [0.3, 0.4) is 0 Å². The Morgan fingerprint density at radius 1 is 1.44 bits per heavy atom. The van der Waals surface area contributed by atoms with E-state index in [-0.39, 0.29) is 0 Å². The van der Waals surface area contributed by atoms with Crippen LogP contribution in [0.1, 0.15) is 18.7 Å². The zero-order valence-electron chi connectivity index (χ0n) is 11.4. The molecule has 1 saturated heterocycles. The highest BCUT2D eigenvalue weighted by molar-refractivity contribution is 7.09. The van der Waals surface area contributed by atoms with Gasteiger partial charge in [-0.3, -0.25) is 4.90 Å². The predicted molar refractivity (Wildman–Crippen MR) is 77.0 cm³/mol. The van der Waals surface area contributed by atoms with Crippen LogP contribution in [-0.2, 0) is 11.3 Å². The second kappa shape index (κ2) is 7.24. The van der Waals surface area contributed by atoms with Gasteiger partial charge in [-0.25, -0.2) is 0 Å². The van der Waals surface area contributed by atoms with Crippen LogP contribution in [0, 0.1) is 5.92 Å². The normalized spacial score (nSPS) is 23.9. The monoisotopic (exact) mass is 268 g/mol. The first-order chi connectivity index (χ1) is 8.83. The minimum atomic E-state index is 0.535. The smallest absolute Gasteiger partial charge is 0.0623 e. The summed E-state index contributed by atoms with van der Waals surface area (Å²) in [6.45, 7) is 10.5. The summed E-state index contributed by atoms with van der Waals surface area (Å²) < 4.78 is 5.62. The Hall–Kier alpha value is -0.420. The van der Waals surface area contributed by atoms with E-state index in [4.69, 9.17) is 4.74 Å². The standard InChI is InChI=1S/C14H24N2OS/c1-3-15-14-11-17-10-12(14)8-16(4-2)9-13-6-5-7-18-13/h5-7,12,14-15H,3-4,8-11H2,1-2H3. The highest BCUT2D eigenvalue weighted by Gasteiger charge is 2.28. The molecule has 0 saturated carbocycles. The van der Waals surface area contributed by atoms with Crippen molar-refractivity contribution in [2.75, 3.05) is 32.8 Å². The van der Waals surface area contributed by atoms with Crippen molar-refractivity contribution in [3.05, 3.63) is 22.4 Å². The van der Waals surface area contributed by atoms with Gasteiger partial charge in [-0.1, -0.05) is 19.9 Å². The summed E-state index contributed by atoms with van der Waals surface area (Å²) in [5.74, 6) is 0.630. The molecule has 0 aliphatic carbocycles. The molecule has 1 aliphatic heterocycles. The first-order valence-corrected chi connectivity index (χ1v) is 7.77. The van der Waals surface area contributed by atoms with E-state index >= 15 is 0 Å². The van der Waals surface area contributed by atoms with Gasteiger partial charge in [-0.15, -0.1) is 11.3 Å². The summed E-state index contributed by atoms with van der Waals surface area (Å²) >= 11 is 1.85. The van der Waals surface area contributed by atoms with Crippen molar-refractivity contribution in [1.82, 2.24) is 10.2 Å². The number of hydrogen-bond donors (Lipinski definition) is 1. The van der Waals surface area contributed by atoms with Crippen molar-refractivity contribution in [2.24, 2.45) is 5.92 Å². The maximum atomic E-state index is 5.62. The van der Waals surface area contributed by atoms with E-state index in [1.807, 2.05) is 11.3 Å². The predicted octanol–water partition coefficient (Wildman–Crippen LogP) is 2.19. The minimum Gasteiger partial charge on any atom is -0.379 e. The van der Waals surface area contributed by atoms with E-state index < -0.39 is 0 Å². The fraction of sp³-hybridized carbons (Fsp3) is 0.714. The number of ether oxygens (including phenoxy) is 1. The van der Waals surface area contributed by atoms with E-state index in [1.54, 1.807) is 0 Å². The van der Waals surface area contributed by atoms with Crippen molar-refractivity contribution in [3.8, 4) is 0 Å². The lowest BCUT2D eigenvalue weighted by Gasteiger charge is -2.26. The number of nitrogens with zero attached hydrogens (tertiary/aromatic N) is 1. The van der Waals surface area contributed by atoms with Crippen LogP contribution < -0.4 is 5.32 Å². The minimum absolute atomic E-state index is 0.535. The fourth-order valence-corrected chi connectivity index (χ4v) is 3.27. The second-order valence-corrected chi connectivity index (χ2v) is 5.90. The molecule has 0 bridgehead atoms. The van der Waals surface area contributed by atoms with E-state index in [0.29, 0.717) is 12.0 Å². The van der Waals surface area contributed by atoms with Crippen LogP contribution in [0.2, 0.25) is 0 Å². The highest BCUT2D eigenvalue weighted by Crippen LogP contribution is 2.18. The Morgan fingerprint density at radius 3 is 3.00 bits per heavy atom. The van der Waals surface area contributed by atoms with Crippen molar-refractivity contribution >= 4 is 11.3 Å². The third-order valence-corrected chi connectivity index (χ3v) is 4.43. The molecule has 1 fully saturated rings.